The van der Waals surface area contributed by atoms with E-state index in [4.69, 9.17) is 4.74 Å². The van der Waals surface area contributed by atoms with Gasteiger partial charge in [-0.2, -0.15) is 0 Å². The van der Waals surface area contributed by atoms with Gasteiger partial charge in [-0.05, 0) is 12.5 Å². The molecule has 0 aliphatic carbocycles. The fourth-order valence-corrected chi connectivity index (χ4v) is 0.603. The van der Waals surface area contributed by atoms with Crippen molar-refractivity contribution in [2.24, 2.45) is 5.92 Å². The molecule has 0 radical (unpaired) electrons. The van der Waals surface area contributed by atoms with E-state index in [-0.39, 0.29) is 12.0 Å². The molecule has 1 unspecified atom stereocenters. The Labute approximate surface area is 79.0 Å². The second-order valence-corrected chi connectivity index (χ2v) is 2.68. The molecule has 1 atom stereocenters. The number of carbonyl (C=O) groups excluding carboxylic acids is 1. The van der Waals surface area contributed by atoms with Crippen LogP contribution in [0.1, 0.15) is 13.8 Å². The Bertz CT molecular complexity index is 149. The summed E-state index contributed by atoms with van der Waals surface area (Å²) in [6.45, 7) is 7.46. The van der Waals surface area contributed by atoms with Crippen molar-refractivity contribution in [2.75, 3.05) is 14.3 Å². The van der Waals surface area contributed by atoms with E-state index in [2.05, 4.69) is 11.9 Å². The number of hydrogen-bond donors (Lipinski definition) is 1. The molecular weight excluding hydrogens is 173 g/mol. The van der Waals surface area contributed by atoms with Gasteiger partial charge in [-0.15, -0.1) is 0 Å². The maximum absolute atomic E-state index is 10.4. The van der Waals surface area contributed by atoms with Crippen molar-refractivity contribution in [1.82, 2.24) is 5.32 Å². The SMILES string of the molecule is C=C(NC(C=O)C(C)C)OC.CF. The number of methoxy groups -OCH3 is 1. The number of rotatable bonds is 5. The highest BCUT2D eigenvalue weighted by molar-refractivity contribution is 5.58. The molecule has 0 amide bonds. The highest BCUT2D eigenvalue weighted by Gasteiger charge is 2.11. The summed E-state index contributed by atoms with van der Waals surface area (Å²) >= 11 is 0. The van der Waals surface area contributed by atoms with Crippen molar-refractivity contribution in [3.05, 3.63) is 12.5 Å². The van der Waals surface area contributed by atoms with E-state index < -0.39 is 0 Å². The lowest BCUT2D eigenvalue weighted by atomic mass is 10.1. The zero-order valence-electron chi connectivity index (χ0n) is 8.63. The standard InChI is InChI=1S/C8H15NO2.CH3F/c1-6(2)8(5-10)9-7(3)11-4;1-2/h5-6,8-9H,3H2,1-2,4H3;1H3. The second kappa shape index (κ2) is 9.03. The van der Waals surface area contributed by atoms with Gasteiger partial charge < -0.3 is 14.8 Å². The van der Waals surface area contributed by atoms with E-state index in [0.29, 0.717) is 13.1 Å². The number of carbonyl (C=O) groups is 1. The van der Waals surface area contributed by atoms with Gasteiger partial charge in [0, 0.05) is 0 Å². The largest absolute Gasteiger partial charge is 0.483 e. The minimum absolute atomic E-state index is 0.206. The summed E-state index contributed by atoms with van der Waals surface area (Å²) in [5.41, 5.74) is 0. The quantitative estimate of drug-likeness (QED) is 0.528. The molecule has 0 saturated heterocycles. The third-order valence-corrected chi connectivity index (χ3v) is 1.44. The van der Waals surface area contributed by atoms with Crippen molar-refractivity contribution in [1.29, 1.82) is 0 Å². The number of aldehydes is 1. The van der Waals surface area contributed by atoms with Gasteiger partial charge >= 0.3 is 0 Å². The van der Waals surface area contributed by atoms with Crippen molar-refractivity contribution in [3.8, 4) is 0 Å². The number of ether oxygens (including phenoxy) is 1. The van der Waals surface area contributed by atoms with Crippen LogP contribution in [0.15, 0.2) is 12.5 Å². The smallest absolute Gasteiger partial charge is 0.179 e. The minimum Gasteiger partial charge on any atom is -0.483 e. The average molecular weight is 191 g/mol. The zero-order chi connectivity index (χ0) is 10.9. The van der Waals surface area contributed by atoms with Crippen LogP contribution in [0.25, 0.3) is 0 Å². The van der Waals surface area contributed by atoms with E-state index >= 15 is 0 Å². The Morgan fingerprint density at radius 3 is 2.23 bits per heavy atom. The van der Waals surface area contributed by atoms with Gasteiger partial charge in [0.25, 0.3) is 0 Å². The van der Waals surface area contributed by atoms with Gasteiger partial charge in [-0.1, -0.05) is 13.8 Å². The molecule has 0 bridgehead atoms. The van der Waals surface area contributed by atoms with E-state index in [1.165, 1.54) is 7.11 Å². The number of nitrogens with one attached hydrogen (secondary N) is 1. The first-order valence-electron chi connectivity index (χ1n) is 3.94. The van der Waals surface area contributed by atoms with Crippen LogP contribution in [0.2, 0.25) is 0 Å². The predicted molar refractivity (Wildman–Crippen MR) is 51.0 cm³/mol. The van der Waals surface area contributed by atoms with Crippen LogP contribution in [0.5, 0.6) is 0 Å². The van der Waals surface area contributed by atoms with Crippen molar-refractivity contribution < 1.29 is 13.9 Å². The van der Waals surface area contributed by atoms with Crippen molar-refractivity contribution in [2.45, 2.75) is 19.9 Å². The molecule has 0 saturated carbocycles. The van der Waals surface area contributed by atoms with Crippen LogP contribution < -0.4 is 5.32 Å². The van der Waals surface area contributed by atoms with Crippen LogP contribution in [-0.2, 0) is 9.53 Å². The summed E-state index contributed by atoms with van der Waals surface area (Å²) in [4.78, 5) is 10.4. The molecule has 0 rings (SSSR count). The van der Waals surface area contributed by atoms with Crippen LogP contribution in [-0.4, -0.2) is 26.6 Å². The van der Waals surface area contributed by atoms with E-state index in [1.54, 1.807) is 0 Å². The minimum atomic E-state index is -0.206. The van der Waals surface area contributed by atoms with Crippen LogP contribution in [0, 0.1) is 5.92 Å². The molecule has 0 heterocycles. The monoisotopic (exact) mass is 191 g/mol. The van der Waals surface area contributed by atoms with Crippen LogP contribution >= 0.6 is 0 Å². The fourth-order valence-electron chi connectivity index (χ4n) is 0.603. The van der Waals surface area contributed by atoms with E-state index in [1.807, 2.05) is 13.8 Å². The van der Waals surface area contributed by atoms with Crippen molar-refractivity contribution >= 4 is 6.29 Å². The number of hydrogen-bond acceptors (Lipinski definition) is 3. The zero-order valence-corrected chi connectivity index (χ0v) is 8.63. The molecule has 0 aromatic rings. The molecule has 0 spiro atoms. The summed E-state index contributed by atoms with van der Waals surface area (Å²) in [5, 5.41) is 2.83. The Kier molecular flexibility index (Phi) is 10.0. The Morgan fingerprint density at radius 2 is 2.00 bits per heavy atom. The highest BCUT2D eigenvalue weighted by Crippen LogP contribution is 2.00. The molecule has 0 aliphatic heterocycles. The molecule has 1 N–H and O–H groups in total. The molecule has 4 heteroatoms. The highest BCUT2D eigenvalue weighted by atomic mass is 19.1. The maximum atomic E-state index is 10.4. The topological polar surface area (TPSA) is 38.3 Å². The Hall–Kier alpha value is -1.06. The summed E-state index contributed by atoms with van der Waals surface area (Å²) < 4.78 is 14.3. The van der Waals surface area contributed by atoms with Crippen molar-refractivity contribution in [3.63, 3.8) is 0 Å². The van der Waals surface area contributed by atoms with Gasteiger partial charge in [0.2, 0.25) is 0 Å². The first-order chi connectivity index (χ1) is 6.11. The fraction of sp³-hybridized carbons (Fsp3) is 0.667. The van der Waals surface area contributed by atoms with Gasteiger partial charge in [0.05, 0.1) is 20.3 Å². The summed E-state index contributed by atoms with van der Waals surface area (Å²) in [6, 6.07) is -0.206. The number of halogens is 1. The summed E-state index contributed by atoms with van der Waals surface area (Å²) in [7, 11) is 2.01. The van der Waals surface area contributed by atoms with Gasteiger partial charge in [0.15, 0.2) is 5.88 Å². The summed E-state index contributed by atoms with van der Waals surface area (Å²) in [5.74, 6) is 0.676. The first kappa shape index (κ1) is 14.5. The molecular formula is C9H18FNO2. The normalized spacial score (nSPS) is 10.9. The van der Waals surface area contributed by atoms with E-state index in [9.17, 15) is 9.18 Å². The third kappa shape index (κ3) is 7.31. The summed E-state index contributed by atoms with van der Waals surface area (Å²) in [6.07, 6.45) is 0.856. The average Bonchev–Trinajstić information content (AvgIpc) is 2.16. The Morgan fingerprint density at radius 1 is 1.54 bits per heavy atom. The molecule has 78 valence electrons. The lowest BCUT2D eigenvalue weighted by molar-refractivity contribution is -0.110. The molecule has 3 nitrogen and oxygen atoms in total. The molecule has 0 aliphatic rings. The predicted octanol–water partition coefficient (Wildman–Crippen LogP) is 1.50. The van der Waals surface area contributed by atoms with Crippen LogP contribution in [0.4, 0.5) is 4.39 Å². The lowest BCUT2D eigenvalue weighted by Gasteiger charge is -2.17. The van der Waals surface area contributed by atoms with Gasteiger partial charge in [-0.25, -0.2) is 0 Å². The third-order valence-electron chi connectivity index (χ3n) is 1.44. The van der Waals surface area contributed by atoms with Gasteiger partial charge in [0.1, 0.15) is 6.29 Å². The van der Waals surface area contributed by atoms with Gasteiger partial charge in [-0.3, -0.25) is 4.39 Å². The molecule has 0 aromatic heterocycles. The van der Waals surface area contributed by atoms with Crippen LogP contribution in [0.3, 0.4) is 0 Å². The van der Waals surface area contributed by atoms with E-state index in [0.717, 1.165) is 6.29 Å². The molecule has 0 aromatic carbocycles. The maximum Gasteiger partial charge on any atom is 0.179 e. The first-order valence-corrected chi connectivity index (χ1v) is 3.94. The Balaban J connectivity index is 0. The second-order valence-electron chi connectivity index (χ2n) is 2.68. The molecule has 13 heavy (non-hydrogen) atoms. The molecule has 0 fully saturated rings. The lowest BCUT2D eigenvalue weighted by Crippen LogP contribution is -2.34. The number of alkyl halides is 1.